The summed E-state index contributed by atoms with van der Waals surface area (Å²) in [6.07, 6.45) is 3.40. The van der Waals surface area contributed by atoms with Crippen molar-refractivity contribution in [2.45, 2.75) is 6.54 Å². The summed E-state index contributed by atoms with van der Waals surface area (Å²) in [5.41, 5.74) is 8.11. The predicted octanol–water partition coefficient (Wildman–Crippen LogP) is 2.26. The minimum absolute atomic E-state index is 0.620. The molecular formula is C10H11ClN4. The lowest BCUT2D eigenvalue weighted by Crippen LogP contribution is -2.00. The molecule has 0 bridgehead atoms. The van der Waals surface area contributed by atoms with Gasteiger partial charge in [0.15, 0.2) is 0 Å². The molecule has 78 valence electrons. The monoisotopic (exact) mass is 222 g/mol. The van der Waals surface area contributed by atoms with Gasteiger partial charge < -0.3 is 16.0 Å². The summed E-state index contributed by atoms with van der Waals surface area (Å²) in [6, 6.07) is 5.38. The summed E-state index contributed by atoms with van der Waals surface area (Å²) in [5.74, 6) is 0. The van der Waals surface area contributed by atoms with Gasteiger partial charge in [0, 0.05) is 11.9 Å². The summed E-state index contributed by atoms with van der Waals surface area (Å²) in [6.45, 7) is 0.656. The number of H-pyrrole nitrogens is 1. The van der Waals surface area contributed by atoms with Crippen LogP contribution in [0.2, 0.25) is 5.02 Å². The maximum absolute atomic E-state index is 6.00. The van der Waals surface area contributed by atoms with Crippen molar-refractivity contribution in [3.8, 4) is 0 Å². The van der Waals surface area contributed by atoms with Gasteiger partial charge in [-0.1, -0.05) is 11.6 Å². The van der Waals surface area contributed by atoms with Crippen molar-refractivity contribution >= 4 is 23.0 Å². The smallest absolute Gasteiger partial charge is 0.0922 e. The van der Waals surface area contributed by atoms with Crippen molar-refractivity contribution in [3.05, 3.63) is 41.4 Å². The van der Waals surface area contributed by atoms with E-state index in [1.165, 1.54) is 0 Å². The van der Waals surface area contributed by atoms with Crippen molar-refractivity contribution in [1.82, 2.24) is 9.97 Å². The zero-order chi connectivity index (χ0) is 10.7. The summed E-state index contributed by atoms with van der Waals surface area (Å²) >= 11 is 6.00. The van der Waals surface area contributed by atoms with Gasteiger partial charge in [-0.2, -0.15) is 0 Å². The molecule has 2 aromatic rings. The van der Waals surface area contributed by atoms with E-state index < -0.39 is 0 Å². The molecule has 0 amide bonds. The molecule has 2 rings (SSSR count). The van der Waals surface area contributed by atoms with Crippen LogP contribution in [0.1, 0.15) is 5.69 Å². The fourth-order valence-corrected chi connectivity index (χ4v) is 1.50. The maximum atomic E-state index is 6.00. The predicted molar refractivity (Wildman–Crippen MR) is 61.8 cm³/mol. The third kappa shape index (κ3) is 2.41. The first kappa shape index (κ1) is 9.86. The van der Waals surface area contributed by atoms with Crippen molar-refractivity contribution in [3.63, 3.8) is 0 Å². The van der Waals surface area contributed by atoms with Gasteiger partial charge in [-0.25, -0.2) is 4.98 Å². The fraction of sp³-hybridized carbons (Fsp3) is 0.100. The van der Waals surface area contributed by atoms with Crippen LogP contribution in [0.4, 0.5) is 11.4 Å². The van der Waals surface area contributed by atoms with Gasteiger partial charge in [0.2, 0.25) is 0 Å². The van der Waals surface area contributed by atoms with Gasteiger partial charge in [-0.3, -0.25) is 0 Å². The normalized spacial score (nSPS) is 10.2. The van der Waals surface area contributed by atoms with E-state index in [1.807, 2.05) is 6.07 Å². The SMILES string of the molecule is Nc1ccc(NCc2cnc[nH]2)c(Cl)c1. The van der Waals surface area contributed by atoms with Crippen LogP contribution in [0.3, 0.4) is 0 Å². The molecule has 0 aliphatic heterocycles. The second kappa shape index (κ2) is 4.23. The van der Waals surface area contributed by atoms with E-state index in [0.717, 1.165) is 11.4 Å². The Morgan fingerprint density at radius 3 is 3.00 bits per heavy atom. The van der Waals surface area contributed by atoms with E-state index in [2.05, 4.69) is 15.3 Å². The molecule has 0 radical (unpaired) electrons. The first-order valence-corrected chi connectivity index (χ1v) is 4.89. The second-order valence-corrected chi connectivity index (χ2v) is 3.58. The molecule has 1 heterocycles. The van der Waals surface area contributed by atoms with E-state index >= 15 is 0 Å². The van der Waals surface area contributed by atoms with Gasteiger partial charge in [-0.15, -0.1) is 0 Å². The first-order chi connectivity index (χ1) is 7.25. The number of rotatable bonds is 3. The molecule has 1 aromatic carbocycles. The summed E-state index contributed by atoms with van der Waals surface area (Å²) in [5, 5.41) is 3.80. The Bertz CT molecular complexity index is 439. The topological polar surface area (TPSA) is 66.7 Å². The molecule has 1 aromatic heterocycles. The van der Waals surface area contributed by atoms with Crippen LogP contribution in [0, 0.1) is 0 Å². The molecule has 15 heavy (non-hydrogen) atoms. The lowest BCUT2D eigenvalue weighted by Gasteiger charge is -2.07. The average molecular weight is 223 g/mol. The highest BCUT2D eigenvalue weighted by molar-refractivity contribution is 6.33. The van der Waals surface area contributed by atoms with Gasteiger partial charge in [-0.05, 0) is 18.2 Å². The number of nitrogens with zero attached hydrogens (tertiary/aromatic N) is 1. The molecule has 0 fully saturated rings. The molecule has 0 spiro atoms. The van der Waals surface area contributed by atoms with Crippen LogP contribution in [-0.4, -0.2) is 9.97 Å². The van der Waals surface area contributed by atoms with Crippen molar-refractivity contribution < 1.29 is 0 Å². The Labute approximate surface area is 92.5 Å². The molecule has 4 nitrogen and oxygen atoms in total. The number of nitrogen functional groups attached to an aromatic ring is 1. The third-order valence-corrected chi connectivity index (χ3v) is 2.33. The molecule has 0 atom stereocenters. The minimum Gasteiger partial charge on any atom is -0.399 e. The average Bonchev–Trinajstić information content (AvgIpc) is 2.69. The van der Waals surface area contributed by atoms with Crippen molar-refractivity contribution in [2.75, 3.05) is 11.1 Å². The van der Waals surface area contributed by atoms with E-state index in [-0.39, 0.29) is 0 Å². The highest BCUT2D eigenvalue weighted by Gasteiger charge is 2.00. The minimum atomic E-state index is 0.620. The lowest BCUT2D eigenvalue weighted by molar-refractivity contribution is 1.07. The quantitative estimate of drug-likeness (QED) is 0.698. The summed E-state index contributed by atoms with van der Waals surface area (Å²) in [7, 11) is 0. The number of imidazole rings is 1. The Morgan fingerprint density at radius 1 is 1.47 bits per heavy atom. The zero-order valence-electron chi connectivity index (χ0n) is 8.00. The number of halogens is 1. The highest BCUT2D eigenvalue weighted by Crippen LogP contribution is 2.24. The van der Waals surface area contributed by atoms with Crippen LogP contribution < -0.4 is 11.1 Å². The summed E-state index contributed by atoms with van der Waals surface area (Å²) in [4.78, 5) is 6.92. The molecule has 0 unspecified atom stereocenters. The Hall–Kier alpha value is -1.68. The Morgan fingerprint density at radius 2 is 2.33 bits per heavy atom. The van der Waals surface area contributed by atoms with E-state index in [4.69, 9.17) is 17.3 Å². The number of nitrogens with one attached hydrogen (secondary N) is 2. The van der Waals surface area contributed by atoms with Gasteiger partial charge in [0.05, 0.1) is 29.3 Å². The zero-order valence-corrected chi connectivity index (χ0v) is 8.75. The molecule has 0 aliphatic carbocycles. The Kier molecular flexibility index (Phi) is 2.78. The second-order valence-electron chi connectivity index (χ2n) is 3.17. The van der Waals surface area contributed by atoms with Crippen LogP contribution in [0.25, 0.3) is 0 Å². The van der Waals surface area contributed by atoms with Crippen LogP contribution in [-0.2, 0) is 6.54 Å². The standard InChI is InChI=1S/C10H11ClN4/c11-9-3-7(12)1-2-10(9)14-5-8-4-13-6-15-8/h1-4,6,14H,5,12H2,(H,13,15). The third-order valence-electron chi connectivity index (χ3n) is 2.02. The molecule has 0 aliphatic rings. The van der Waals surface area contributed by atoms with Crippen molar-refractivity contribution in [1.29, 1.82) is 0 Å². The Balaban J connectivity index is 2.05. The van der Waals surface area contributed by atoms with Gasteiger partial charge in [0.25, 0.3) is 0 Å². The van der Waals surface area contributed by atoms with E-state index in [0.29, 0.717) is 17.3 Å². The molecule has 5 heteroatoms. The number of hydrogen-bond donors (Lipinski definition) is 3. The molecule has 0 saturated heterocycles. The number of benzene rings is 1. The first-order valence-electron chi connectivity index (χ1n) is 4.52. The van der Waals surface area contributed by atoms with Crippen LogP contribution >= 0.6 is 11.6 Å². The van der Waals surface area contributed by atoms with Crippen LogP contribution in [0.15, 0.2) is 30.7 Å². The fourth-order valence-electron chi connectivity index (χ4n) is 1.25. The molecular weight excluding hydrogens is 212 g/mol. The van der Waals surface area contributed by atoms with Crippen LogP contribution in [0.5, 0.6) is 0 Å². The van der Waals surface area contributed by atoms with E-state index in [9.17, 15) is 0 Å². The largest absolute Gasteiger partial charge is 0.399 e. The number of aromatic amines is 1. The van der Waals surface area contributed by atoms with Gasteiger partial charge in [0.1, 0.15) is 0 Å². The molecule has 4 N–H and O–H groups in total. The summed E-state index contributed by atoms with van der Waals surface area (Å²) < 4.78 is 0. The van der Waals surface area contributed by atoms with Gasteiger partial charge >= 0.3 is 0 Å². The number of anilines is 2. The van der Waals surface area contributed by atoms with Crippen molar-refractivity contribution in [2.24, 2.45) is 0 Å². The maximum Gasteiger partial charge on any atom is 0.0922 e. The number of nitrogens with two attached hydrogens (primary N) is 1. The van der Waals surface area contributed by atoms with E-state index in [1.54, 1.807) is 24.7 Å². The lowest BCUT2D eigenvalue weighted by atomic mass is 10.3. The number of hydrogen-bond acceptors (Lipinski definition) is 3. The highest BCUT2D eigenvalue weighted by atomic mass is 35.5. The molecule has 0 saturated carbocycles. The number of aromatic nitrogens is 2.